The van der Waals surface area contributed by atoms with Crippen molar-refractivity contribution in [2.75, 3.05) is 17.2 Å². The number of hydrogen-bond acceptors (Lipinski definition) is 2. The third-order valence-corrected chi connectivity index (χ3v) is 3.30. The lowest BCUT2D eigenvalue weighted by atomic mass is 10.1. The van der Waals surface area contributed by atoms with E-state index in [9.17, 15) is 9.18 Å². The van der Waals surface area contributed by atoms with Crippen molar-refractivity contribution >= 4 is 40.5 Å². The summed E-state index contributed by atoms with van der Waals surface area (Å²) in [5, 5.41) is 6.16. The molecule has 0 radical (unpaired) electrons. The number of nitrogens with one attached hydrogen (secondary N) is 2. The molecule has 0 spiro atoms. The summed E-state index contributed by atoms with van der Waals surface area (Å²) in [5.74, 6) is -0.887. The molecule has 0 fully saturated rings. The Balaban J connectivity index is 2.27. The molecule has 0 heterocycles. The van der Waals surface area contributed by atoms with Gasteiger partial charge in [-0.25, -0.2) is 4.39 Å². The highest BCUT2D eigenvalue weighted by Crippen LogP contribution is 2.24. The van der Waals surface area contributed by atoms with Crippen LogP contribution >= 0.6 is 23.2 Å². The molecular formula is C15H13Cl2FN2O. The molecule has 0 unspecified atom stereocenters. The van der Waals surface area contributed by atoms with Gasteiger partial charge < -0.3 is 10.6 Å². The fourth-order valence-corrected chi connectivity index (χ4v) is 2.17. The highest BCUT2D eigenvalue weighted by atomic mass is 35.5. The quantitative estimate of drug-likeness (QED) is 0.845. The smallest absolute Gasteiger partial charge is 0.257 e. The van der Waals surface area contributed by atoms with Gasteiger partial charge >= 0.3 is 0 Å². The SMILES string of the molecule is CCNc1ccc(Cl)cc1C(=O)Nc1ccc(F)c(Cl)c1. The van der Waals surface area contributed by atoms with Crippen LogP contribution in [-0.4, -0.2) is 12.5 Å². The first kappa shape index (κ1) is 15.6. The molecule has 110 valence electrons. The van der Waals surface area contributed by atoms with Crippen molar-refractivity contribution in [3.63, 3.8) is 0 Å². The maximum Gasteiger partial charge on any atom is 0.257 e. The number of benzene rings is 2. The Morgan fingerprint density at radius 2 is 1.95 bits per heavy atom. The number of anilines is 2. The second kappa shape index (κ2) is 6.78. The fraction of sp³-hybridized carbons (Fsp3) is 0.133. The average molecular weight is 327 g/mol. The molecule has 2 aromatic rings. The second-order valence-electron chi connectivity index (χ2n) is 4.30. The Kier molecular flexibility index (Phi) is 5.04. The summed E-state index contributed by atoms with van der Waals surface area (Å²) in [6.45, 7) is 2.60. The van der Waals surface area contributed by atoms with E-state index < -0.39 is 5.82 Å². The number of amides is 1. The molecule has 6 heteroatoms. The number of hydrogen-bond donors (Lipinski definition) is 2. The lowest BCUT2D eigenvalue weighted by molar-refractivity contribution is 0.102. The number of carbonyl (C=O) groups is 1. The molecule has 21 heavy (non-hydrogen) atoms. The van der Waals surface area contributed by atoms with E-state index in [1.807, 2.05) is 6.92 Å². The van der Waals surface area contributed by atoms with Gasteiger partial charge in [0, 0.05) is 22.9 Å². The minimum atomic E-state index is -0.536. The first-order valence-corrected chi connectivity index (χ1v) is 7.06. The van der Waals surface area contributed by atoms with E-state index >= 15 is 0 Å². The van der Waals surface area contributed by atoms with Gasteiger partial charge in [-0.15, -0.1) is 0 Å². The normalized spacial score (nSPS) is 10.3. The van der Waals surface area contributed by atoms with Crippen molar-refractivity contribution in [3.8, 4) is 0 Å². The molecule has 0 saturated heterocycles. The summed E-state index contributed by atoms with van der Waals surface area (Å²) in [6, 6.07) is 8.99. The van der Waals surface area contributed by atoms with Gasteiger partial charge in [-0.05, 0) is 43.3 Å². The molecule has 0 aliphatic heterocycles. The van der Waals surface area contributed by atoms with Crippen LogP contribution in [0.25, 0.3) is 0 Å². The Hall–Kier alpha value is -1.78. The molecule has 0 aromatic heterocycles. The standard InChI is InChI=1S/C15H13Cl2FN2O/c1-2-19-14-6-3-9(16)7-11(14)15(21)20-10-4-5-13(18)12(17)8-10/h3-8,19H,2H2,1H3,(H,20,21). The third-order valence-electron chi connectivity index (χ3n) is 2.77. The zero-order chi connectivity index (χ0) is 15.4. The molecule has 0 aliphatic carbocycles. The molecule has 2 N–H and O–H groups in total. The molecule has 2 aromatic carbocycles. The third kappa shape index (κ3) is 3.86. The molecule has 1 amide bonds. The first-order valence-electron chi connectivity index (χ1n) is 6.31. The van der Waals surface area contributed by atoms with Crippen molar-refractivity contribution < 1.29 is 9.18 Å². The number of rotatable bonds is 4. The van der Waals surface area contributed by atoms with E-state index in [0.717, 1.165) is 0 Å². The lowest BCUT2D eigenvalue weighted by Gasteiger charge is -2.12. The lowest BCUT2D eigenvalue weighted by Crippen LogP contribution is -2.15. The molecular weight excluding hydrogens is 314 g/mol. The van der Waals surface area contributed by atoms with Gasteiger partial charge in [0.15, 0.2) is 0 Å². The topological polar surface area (TPSA) is 41.1 Å². The van der Waals surface area contributed by atoms with Gasteiger partial charge in [-0.3, -0.25) is 4.79 Å². The summed E-state index contributed by atoms with van der Waals surface area (Å²) < 4.78 is 13.1. The monoisotopic (exact) mass is 326 g/mol. The Bertz CT molecular complexity index is 677. The van der Waals surface area contributed by atoms with Crippen molar-refractivity contribution in [2.45, 2.75) is 6.92 Å². The van der Waals surface area contributed by atoms with E-state index in [-0.39, 0.29) is 10.9 Å². The van der Waals surface area contributed by atoms with Crippen LogP contribution in [-0.2, 0) is 0 Å². The van der Waals surface area contributed by atoms with E-state index in [1.54, 1.807) is 18.2 Å². The fourth-order valence-electron chi connectivity index (χ4n) is 1.82. The zero-order valence-electron chi connectivity index (χ0n) is 11.2. The molecule has 3 nitrogen and oxygen atoms in total. The van der Waals surface area contributed by atoms with Gasteiger partial charge in [0.1, 0.15) is 5.82 Å². The Morgan fingerprint density at radius 1 is 1.19 bits per heavy atom. The van der Waals surface area contributed by atoms with Crippen LogP contribution in [0.2, 0.25) is 10.0 Å². The number of carbonyl (C=O) groups excluding carboxylic acids is 1. The van der Waals surface area contributed by atoms with E-state index in [2.05, 4.69) is 10.6 Å². The van der Waals surface area contributed by atoms with Gasteiger partial charge in [-0.1, -0.05) is 23.2 Å². The van der Waals surface area contributed by atoms with E-state index in [4.69, 9.17) is 23.2 Å². The highest BCUT2D eigenvalue weighted by Gasteiger charge is 2.13. The van der Waals surface area contributed by atoms with Crippen molar-refractivity contribution in [2.24, 2.45) is 0 Å². The van der Waals surface area contributed by atoms with Gasteiger partial charge in [0.2, 0.25) is 0 Å². The van der Waals surface area contributed by atoms with Crippen molar-refractivity contribution in [3.05, 3.63) is 57.8 Å². The van der Waals surface area contributed by atoms with Crippen LogP contribution in [0.15, 0.2) is 36.4 Å². The first-order chi connectivity index (χ1) is 10.0. The summed E-state index contributed by atoms with van der Waals surface area (Å²) in [4.78, 5) is 12.3. The van der Waals surface area contributed by atoms with Crippen LogP contribution in [0.5, 0.6) is 0 Å². The van der Waals surface area contributed by atoms with Gasteiger partial charge in [-0.2, -0.15) is 0 Å². The van der Waals surface area contributed by atoms with E-state index in [1.165, 1.54) is 18.2 Å². The molecule has 0 atom stereocenters. The zero-order valence-corrected chi connectivity index (χ0v) is 12.7. The molecule has 2 rings (SSSR count). The maximum atomic E-state index is 13.1. The van der Waals surface area contributed by atoms with Gasteiger partial charge in [0.05, 0.1) is 10.6 Å². The summed E-state index contributed by atoms with van der Waals surface area (Å²) in [6.07, 6.45) is 0. The Labute approximate surface area is 132 Å². The van der Waals surface area contributed by atoms with Gasteiger partial charge in [0.25, 0.3) is 5.91 Å². The van der Waals surface area contributed by atoms with Crippen LogP contribution < -0.4 is 10.6 Å². The summed E-state index contributed by atoms with van der Waals surface area (Å²) in [7, 11) is 0. The minimum absolute atomic E-state index is 0.0502. The van der Waals surface area contributed by atoms with E-state index in [0.29, 0.717) is 28.5 Å². The number of halogens is 3. The maximum absolute atomic E-state index is 13.1. The summed E-state index contributed by atoms with van der Waals surface area (Å²) in [5.41, 5.74) is 1.49. The van der Waals surface area contributed by atoms with Crippen LogP contribution in [0.1, 0.15) is 17.3 Å². The predicted octanol–water partition coefficient (Wildman–Crippen LogP) is 4.82. The molecule has 0 aliphatic rings. The predicted molar refractivity (Wildman–Crippen MR) is 85.0 cm³/mol. The van der Waals surface area contributed by atoms with Crippen LogP contribution in [0.3, 0.4) is 0 Å². The summed E-state index contributed by atoms with van der Waals surface area (Å²) >= 11 is 11.6. The molecule has 0 saturated carbocycles. The largest absolute Gasteiger partial charge is 0.385 e. The van der Waals surface area contributed by atoms with Crippen molar-refractivity contribution in [1.82, 2.24) is 0 Å². The highest BCUT2D eigenvalue weighted by molar-refractivity contribution is 6.31. The van der Waals surface area contributed by atoms with Crippen molar-refractivity contribution in [1.29, 1.82) is 0 Å². The Morgan fingerprint density at radius 3 is 2.62 bits per heavy atom. The average Bonchev–Trinajstić information content (AvgIpc) is 2.45. The second-order valence-corrected chi connectivity index (χ2v) is 5.15. The van der Waals surface area contributed by atoms with Crippen LogP contribution in [0.4, 0.5) is 15.8 Å². The minimum Gasteiger partial charge on any atom is -0.385 e. The van der Waals surface area contributed by atoms with Crippen LogP contribution in [0, 0.1) is 5.82 Å². The molecule has 0 bridgehead atoms.